The van der Waals surface area contributed by atoms with Crippen molar-refractivity contribution in [1.82, 2.24) is 0 Å². The summed E-state index contributed by atoms with van der Waals surface area (Å²) in [6, 6.07) is 0. The molecule has 0 unspecified atom stereocenters. The highest BCUT2D eigenvalue weighted by Gasteiger charge is 1.76. The van der Waals surface area contributed by atoms with Gasteiger partial charge in [0.1, 0.15) is 0 Å². The summed E-state index contributed by atoms with van der Waals surface area (Å²) in [6.45, 7) is 4.55. The molecule has 0 nitrogen and oxygen atoms in total. The second-order valence-electron chi connectivity index (χ2n) is 1.35. The Kier molecular flexibility index (Phi) is 35.2. The van der Waals surface area contributed by atoms with Crippen molar-refractivity contribution in [2.45, 2.75) is 24.4 Å². The van der Waals surface area contributed by atoms with Crippen LogP contribution in [0.3, 0.4) is 0 Å². The highest BCUT2D eigenvalue weighted by atomic mass is 35.5. The predicted octanol–water partition coefficient (Wildman–Crippen LogP) is 2.14. The summed E-state index contributed by atoms with van der Waals surface area (Å²) in [5.41, 5.74) is 0. The first-order chi connectivity index (χ1) is 2.41. The second-order valence-corrected chi connectivity index (χ2v) is 4.06. The molecule has 0 aromatic rings. The lowest BCUT2D eigenvalue weighted by molar-refractivity contribution is 1.36. The minimum atomic E-state index is 0. The molecule has 0 aliphatic rings. The molecule has 0 radical (unpaired) electrons. The molecule has 0 N–H and O–H groups in total. The zero-order valence-electron chi connectivity index (χ0n) is 4.94. The Labute approximate surface area is 64.6 Å². The van der Waals surface area contributed by atoms with Crippen molar-refractivity contribution in [3.63, 3.8) is 0 Å². The summed E-state index contributed by atoms with van der Waals surface area (Å²) in [5.74, 6) is 0. The van der Waals surface area contributed by atoms with Gasteiger partial charge in [-0.3, -0.25) is 0 Å². The van der Waals surface area contributed by atoms with Crippen LogP contribution in [-0.4, -0.2) is 15.2 Å². The molecule has 0 saturated heterocycles. The molecule has 0 atom stereocenters. The minimum absolute atomic E-state index is 0. The molecular weight excluding hydrogens is 146 g/mol. The van der Waals surface area contributed by atoms with Crippen LogP contribution < -0.4 is 0 Å². The molecule has 0 aliphatic heterocycles. The Balaban J connectivity index is -0.0000000800. The number of hydrogen-bond donors (Lipinski definition) is 0. The number of halogens is 2. The third kappa shape index (κ3) is 19.2. The maximum absolute atomic E-state index is 2.27. The summed E-state index contributed by atoms with van der Waals surface area (Å²) in [7, 11) is 0. The molecule has 0 amide bonds. The Morgan fingerprint density at radius 1 is 1.00 bits per heavy atom. The third-order valence-corrected chi connectivity index (χ3v) is 2.12. The fraction of sp³-hybridized carbons (Fsp3) is 1.00. The Bertz CT molecular complexity index is 17.2. The normalized spacial score (nSPS) is 5.43. The van der Waals surface area contributed by atoms with Crippen molar-refractivity contribution in [3.05, 3.63) is 0 Å². The topological polar surface area (TPSA) is 0 Å². The van der Waals surface area contributed by atoms with Crippen LogP contribution in [0.15, 0.2) is 0 Å². The number of rotatable bonds is 2. The molecule has 0 bridgehead atoms. The molecule has 0 spiro atoms. The summed E-state index contributed by atoms with van der Waals surface area (Å²) in [5, 5.41) is 2.97. The van der Waals surface area contributed by atoms with E-state index in [2.05, 4.69) is 13.8 Å². The summed E-state index contributed by atoms with van der Waals surface area (Å²) >= 11 is 0.432. The molecule has 3 heteroatoms. The van der Waals surface area contributed by atoms with Gasteiger partial charge in [-0.2, -0.15) is 0 Å². The lowest BCUT2D eigenvalue weighted by Crippen LogP contribution is -1.76. The molecular formula is C4H13AlCl2. The Hall–Kier alpha value is 1.11. The lowest BCUT2D eigenvalue weighted by atomic mass is 10.9. The van der Waals surface area contributed by atoms with E-state index in [4.69, 9.17) is 0 Å². The zero-order chi connectivity index (χ0) is 4.12. The second kappa shape index (κ2) is 15.7. The van der Waals surface area contributed by atoms with Gasteiger partial charge in [0.05, 0.1) is 0 Å². The molecule has 0 fully saturated rings. The Morgan fingerprint density at radius 2 is 1.29 bits per heavy atom. The monoisotopic (exact) mass is 158 g/mol. The molecule has 0 aromatic carbocycles. The van der Waals surface area contributed by atoms with Crippen LogP contribution in [0.5, 0.6) is 0 Å². The van der Waals surface area contributed by atoms with Crippen LogP contribution in [0.4, 0.5) is 0 Å². The maximum Gasteiger partial charge on any atom is 0.236 e. The van der Waals surface area contributed by atoms with Gasteiger partial charge in [0.2, 0.25) is 15.2 Å². The summed E-state index contributed by atoms with van der Waals surface area (Å²) in [6.07, 6.45) is 0. The molecule has 0 heterocycles. The van der Waals surface area contributed by atoms with E-state index >= 15 is 0 Å². The first-order valence-corrected chi connectivity index (χ1v) is 4.41. The van der Waals surface area contributed by atoms with Crippen molar-refractivity contribution in [2.24, 2.45) is 0 Å². The quantitative estimate of drug-likeness (QED) is 0.541. The van der Waals surface area contributed by atoms with E-state index in [1.165, 1.54) is 10.6 Å². The zero-order valence-corrected chi connectivity index (χ0v) is 7.99. The summed E-state index contributed by atoms with van der Waals surface area (Å²) in [4.78, 5) is 0. The van der Waals surface area contributed by atoms with Gasteiger partial charge in [-0.1, -0.05) is 13.8 Å². The van der Waals surface area contributed by atoms with Gasteiger partial charge in [-0.05, 0) is 0 Å². The molecule has 7 heavy (non-hydrogen) atoms. The molecule has 0 aliphatic carbocycles. The van der Waals surface area contributed by atoms with Gasteiger partial charge >= 0.3 is 0 Å². The van der Waals surface area contributed by atoms with E-state index < -0.39 is 0 Å². The first kappa shape index (κ1) is 15.7. The van der Waals surface area contributed by atoms with Crippen molar-refractivity contribution < 1.29 is 0 Å². The van der Waals surface area contributed by atoms with Crippen molar-refractivity contribution >= 4 is 40.0 Å². The van der Waals surface area contributed by atoms with E-state index in [1.54, 1.807) is 0 Å². The van der Waals surface area contributed by atoms with E-state index in [1.807, 2.05) is 0 Å². The lowest BCUT2D eigenvalue weighted by Gasteiger charge is -1.73. The fourth-order valence-corrected chi connectivity index (χ4v) is 1.06. The van der Waals surface area contributed by atoms with E-state index in [-0.39, 0.29) is 24.8 Å². The first-order valence-electron chi connectivity index (χ1n) is 2.41. The van der Waals surface area contributed by atoms with Crippen LogP contribution in [0, 0.1) is 0 Å². The fourth-order valence-electron chi connectivity index (χ4n) is 0.354. The van der Waals surface area contributed by atoms with Crippen LogP contribution in [-0.2, 0) is 0 Å². The minimum Gasteiger partial charge on any atom is -0.147 e. The van der Waals surface area contributed by atoms with Gasteiger partial charge in [-0.15, -0.1) is 35.4 Å². The van der Waals surface area contributed by atoms with Crippen molar-refractivity contribution in [2.75, 3.05) is 0 Å². The van der Waals surface area contributed by atoms with Gasteiger partial charge in [0.15, 0.2) is 0 Å². The van der Waals surface area contributed by atoms with E-state index in [0.29, 0.717) is 15.2 Å². The summed E-state index contributed by atoms with van der Waals surface area (Å²) < 4.78 is 0. The SMILES string of the molecule is C[CH2][AlH][CH2]C.Cl.Cl. The van der Waals surface area contributed by atoms with Gasteiger partial charge in [0.25, 0.3) is 0 Å². The van der Waals surface area contributed by atoms with Crippen LogP contribution in [0.25, 0.3) is 0 Å². The Morgan fingerprint density at radius 3 is 1.29 bits per heavy atom. The van der Waals surface area contributed by atoms with Gasteiger partial charge in [0, 0.05) is 0 Å². The standard InChI is InChI=1S/2C2H5.Al.2ClH.H/c2*1-2;;;;/h2*1H2,2H3;;2*1H;. The number of hydrogen-bond acceptors (Lipinski definition) is 0. The van der Waals surface area contributed by atoms with Crippen LogP contribution in [0.2, 0.25) is 10.6 Å². The smallest absolute Gasteiger partial charge is 0.147 e. The van der Waals surface area contributed by atoms with Crippen molar-refractivity contribution in [3.8, 4) is 0 Å². The van der Waals surface area contributed by atoms with Gasteiger partial charge < -0.3 is 0 Å². The predicted molar refractivity (Wildman–Crippen MR) is 42.6 cm³/mol. The van der Waals surface area contributed by atoms with Crippen LogP contribution >= 0.6 is 24.8 Å². The average Bonchev–Trinajstić information content (AvgIpc) is 1.41. The molecule has 0 saturated carbocycles. The molecule has 0 rings (SSSR count). The van der Waals surface area contributed by atoms with Crippen molar-refractivity contribution in [1.29, 1.82) is 0 Å². The van der Waals surface area contributed by atoms with E-state index in [9.17, 15) is 0 Å². The average molecular weight is 159 g/mol. The highest BCUT2D eigenvalue weighted by molar-refractivity contribution is 6.34. The van der Waals surface area contributed by atoms with Gasteiger partial charge in [-0.25, -0.2) is 0 Å². The highest BCUT2D eigenvalue weighted by Crippen LogP contribution is 1.77. The third-order valence-electron chi connectivity index (χ3n) is 0.707. The maximum atomic E-state index is 2.27. The molecule has 0 aromatic heterocycles. The molecule has 46 valence electrons. The largest absolute Gasteiger partial charge is 0.236 e. The van der Waals surface area contributed by atoms with E-state index in [0.717, 1.165) is 0 Å². The van der Waals surface area contributed by atoms with Crippen LogP contribution in [0.1, 0.15) is 13.8 Å².